The molecule has 1 heterocycles. The molecule has 10 heteroatoms. The van der Waals surface area contributed by atoms with Crippen molar-refractivity contribution in [3.63, 3.8) is 0 Å². The molecule has 1 aliphatic carbocycles. The summed E-state index contributed by atoms with van der Waals surface area (Å²) < 4.78 is 84.7. The number of carbonyl (C=O) groups is 1. The number of hydrogen-bond donors (Lipinski definition) is 1. The van der Waals surface area contributed by atoms with Crippen LogP contribution in [0.3, 0.4) is 0 Å². The fourth-order valence-electron chi connectivity index (χ4n) is 2.77. The summed E-state index contributed by atoms with van der Waals surface area (Å²) >= 11 is 0. The number of nitrogens with two attached hydrogens (primary N) is 1. The van der Waals surface area contributed by atoms with Gasteiger partial charge >= 0.3 is 12.1 Å². The first kappa shape index (κ1) is 19.0. The van der Waals surface area contributed by atoms with E-state index in [2.05, 4.69) is 4.98 Å². The van der Waals surface area contributed by atoms with E-state index >= 15 is 0 Å². The van der Waals surface area contributed by atoms with Crippen molar-refractivity contribution in [2.24, 2.45) is 5.73 Å². The lowest BCUT2D eigenvalue weighted by atomic mass is 9.88. The summed E-state index contributed by atoms with van der Waals surface area (Å²) in [7, 11) is 0. The van der Waals surface area contributed by atoms with E-state index in [1.807, 2.05) is 0 Å². The van der Waals surface area contributed by atoms with Crippen LogP contribution < -0.4 is 10.5 Å². The van der Waals surface area contributed by atoms with Crippen molar-refractivity contribution < 1.29 is 35.9 Å². The predicted octanol–water partition coefficient (Wildman–Crippen LogP) is 4.34. The zero-order valence-corrected chi connectivity index (χ0v) is 13.5. The van der Waals surface area contributed by atoms with Crippen molar-refractivity contribution in [2.45, 2.75) is 30.4 Å². The number of aromatic nitrogens is 1. The van der Waals surface area contributed by atoms with Crippen LogP contribution >= 0.6 is 0 Å². The number of ether oxygens (including phenoxy) is 1. The van der Waals surface area contributed by atoms with Gasteiger partial charge in [-0.25, -0.2) is 9.37 Å². The molecule has 0 saturated heterocycles. The third kappa shape index (κ3) is 3.19. The summed E-state index contributed by atoms with van der Waals surface area (Å²) in [5.41, 5.74) is 2.33. The Hall–Kier alpha value is -2.78. The molecule has 1 amide bonds. The van der Waals surface area contributed by atoms with Gasteiger partial charge in [0, 0.05) is 6.20 Å². The van der Waals surface area contributed by atoms with E-state index in [9.17, 15) is 31.1 Å². The molecule has 1 aliphatic rings. The van der Waals surface area contributed by atoms with Gasteiger partial charge in [0.2, 0.25) is 5.91 Å². The fraction of sp³-hybridized carbons (Fsp3) is 0.294. The quantitative estimate of drug-likeness (QED) is 0.773. The van der Waals surface area contributed by atoms with E-state index in [0.717, 1.165) is 36.5 Å². The number of amides is 1. The molecular formula is C17H12F6N2O2. The number of alkyl halides is 5. The van der Waals surface area contributed by atoms with Crippen molar-refractivity contribution in [1.29, 1.82) is 0 Å². The summed E-state index contributed by atoms with van der Waals surface area (Å²) in [6, 6.07) is 5.26. The first-order chi connectivity index (χ1) is 12.5. The minimum absolute atomic E-state index is 0.0249. The molecule has 3 rings (SSSR count). The van der Waals surface area contributed by atoms with Crippen LogP contribution in [0.4, 0.5) is 26.3 Å². The van der Waals surface area contributed by atoms with Gasteiger partial charge in [-0.1, -0.05) is 12.1 Å². The average Bonchev–Trinajstić information content (AvgIpc) is 3.38. The number of hydrogen-bond acceptors (Lipinski definition) is 3. The molecule has 0 atom stereocenters. The monoisotopic (exact) mass is 390 g/mol. The zero-order chi connectivity index (χ0) is 20.0. The van der Waals surface area contributed by atoms with Gasteiger partial charge in [-0.2, -0.15) is 22.0 Å². The van der Waals surface area contributed by atoms with Gasteiger partial charge < -0.3 is 10.5 Å². The molecule has 1 fully saturated rings. The largest absolute Gasteiger partial charge is 0.454 e. The van der Waals surface area contributed by atoms with Crippen LogP contribution in [0, 0.1) is 5.82 Å². The molecule has 1 aromatic heterocycles. The first-order valence-corrected chi connectivity index (χ1v) is 7.66. The summed E-state index contributed by atoms with van der Waals surface area (Å²) in [5.74, 6) is -7.27. The zero-order valence-electron chi connectivity index (χ0n) is 13.5. The number of halogens is 6. The number of rotatable bonds is 5. The van der Waals surface area contributed by atoms with Gasteiger partial charge in [0.15, 0.2) is 5.82 Å². The Kier molecular flexibility index (Phi) is 4.32. The van der Waals surface area contributed by atoms with Crippen LogP contribution in [0.2, 0.25) is 0 Å². The number of carbonyl (C=O) groups excluding carboxylic acids is 1. The Morgan fingerprint density at radius 3 is 2.15 bits per heavy atom. The Balaban J connectivity index is 1.82. The molecule has 1 aromatic carbocycles. The summed E-state index contributed by atoms with van der Waals surface area (Å²) in [5, 5.41) is 0. The topological polar surface area (TPSA) is 65.2 Å². The molecule has 0 bridgehead atoms. The van der Waals surface area contributed by atoms with E-state index < -0.39 is 35.1 Å². The SMILES string of the molecule is NC(=O)c1cnc(Oc2ccc(C3(C(F)(F)C(F)(F)F)CC3)cc2)c(F)c1. The van der Waals surface area contributed by atoms with Gasteiger partial charge in [0.25, 0.3) is 5.88 Å². The molecule has 0 spiro atoms. The Labute approximate surface area is 149 Å². The highest BCUT2D eigenvalue weighted by atomic mass is 19.4. The number of benzene rings is 1. The maximum absolute atomic E-state index is 13.8. The van der Waals surface area contributed by atoms with Gasteiger partial charge in [-0.3, -0.25) is 4.79 Å². The first-order valence-electron chi connectivity index (χ1n) is 7.66. The molecule has 2 aromatic rings. The lowest BCUT2D eigenvalue weighted by molar-refractivity contribution is -0.296. The van der Waals surface area contributed by atoms with E-state index in [4.69, 9.17) is 10.5 Å². The predicted molar refractivity (Wildman–Crippen MR) is 81.1 cm³/mol. The van der Waals surface area contributed by atoms with E-state index in [1.165, 1.54) is 0 Å². The van der Waals surface area contributed by atoms with Crippen molar-refractivity contribution in [3.8, 4) is 11.6 Å². The molecule has 0 aliphatic heterocycles. The molecule has 0 radical (unpaired) electrons. The lowest BCUT2D eigenvalue weighted by Gasteiger charge is -2.29. The summed E-state index contributed by atoms with van der Waals surface area (Å²) in [6.45, 7) is 0. The van der Waals surface area contributed by atoms with E-state index in [-0.39, 0.29) is 29.7 Å². The molecular weight excluding hydrogens is 378 g/mol. The maximum atomic E-state index is 13.8. The molecule has 144 valence electrons. The number of pyridine rings is 1. The standard InChI is InChI=1S/C17H12F6N2O2/c18-12-7-9(13(24)26)8-25-14(12)27-11-3-1-10(2-4-11)15(5-6-15)16(19,20)17(21,22)23/h1-4,7-8H,5-6H2,(H2,24,26). The van der Waals surface area contributed by atoms with Gasteiger partial charge in [0.05, 0.1) is 11.0 Å². The van der Waals surface area contributed by atoms with E-state index in [1.54, 1.807) is 0 Å². The highest BCUT2D eigenvalue weighted by molar-refractivity contribution is 5.92. The molecule has 4 nitrogen and oxygen atoms in total. The number of nitrogens with zero attached hydrogens (tertiary/aromatic N) is 1. The molecule has 0 unspecified atom stereocenters. The van der Waals surface area contributed by atoms with Crippen LogP contribution in [0.25, 0.3) is 0 Å². The summed E-state index contributed by atoms with van der Waals surface area (Å²) in [6.07, 6.45) is -5.28. The Bertz CT molecular complexity index is 876. The second-order valence-corrected chi connectivity index (χ2v) is 6.16. The van der Waals surface area contributed by atoms with E-state index in [0.29, 0.717) is 0 Å². The van der Waals surface area contributed by atoms with Crippen LogP contribution in [-0.2, 0) is 5.41 Å². The lowest BCUT2D eigenvalue weighted by Crippen LogP contribution is -2.47. The summed E-state index contributed by atoms with van der Waals surface area (Å²) in [4.78, 5) is 14.5. The van der Waals surface area contributed by atoms with Crippen molar-refractivity contribution in [1.82, 2.24) is 4.98 Å². The van der Waals surface area contributed by atoms with Gasteiger partial charge in [0.1, 0.15) is 5.75 Å². The molecule has 2 N–H and O–H groups in total. The molecule has 27 heavy (non-hydrogen) atoms. The third-order valence-electron chi connectivity index (χ3n) is 4.42. The normalized spacial score (nSPS) is 16.1. The Morgan fingerprint density at radius 1 is 1.11 bits per heavy atom. The maximum Gasteiger partial charge on any atom is 0.454 e. The van der Waals surface area contributed by atoms with Gasteiger partial charge in [-0.05, 0) is 36.6 Å². The van der Waals surface area contributed by atoms with Crippen molar-refractivity contribution in [3.05, 3.63) is 53.5 Å². The number of primary amides is 1. The average molecular weight is 390 g/mol. The fourth-order valence-corrected chi connectivity index (χ4v) is 2.77. The Morgan fingerprint density at radius 2 is 1.70 bits per heavy atom. The second kappa shape index (κ2) is 6.14. The second-order valence-electron chi connectivity index (χ2n) is 6.16. The highest BCUT2D eigenvalue weighted by Gasteiger charge is 2.75. The van der Waals surface area contributed by atoms with Crippen LogP contribution in [0.15, 0.2) is 36.5 Å². The van der Waals surface area contributed by atoms with Crippen LogP contribution in [-0.4, -0.2) is 23.0 Å². The molecule has 1 saturated carbocycles. The minimum Gasteiger partial charge on any atom is -0.436 e. The van der Waals surface area contributed by atoms with Crippen molar-refractivity contribution in [2.75, 3.05) is 0 Å². The minimum atomic E-state index is -5.66. The highest BCUT2D eigenvalue weighted by Crippen LogP contribution is 2.63. The smallest absolute Gasteiger partial charge is 0.436 e. The van der Waals surface area contributed by atoms with Crippen molar-refractivity contribution >= 4 is 5.91 Å². The van der Waals surface area contributed by atoms with Crippen LogP contribution in [0.5, 0.6) is 11.6 Å². The van der Waals surface area contributed by atoms with Crippen LogP contribution in [0.1, 0.15) is 28.8 Å². The van der Waals surface area contributed by atoms with Gasteiger partial charge in [-0.15, -0.1) is 0 Å². The third-order valence-corrected chi connectivity index (χ3v) is 4.42.